The van der Waals surface area contributed by atoms with Gasteiger partial charge in [-0.3, -0.25) is 14.6 Å². The van der Waals surface area contributed by atoms with E-state index in [1.54, 1.807) is 6.07 Å². The molecule has 0 spiro atoms. The fourth-order valence-electron chi connectivity index (χ4n) is 1.81. The first-order chi connectivity index (χ1) is 10.6. The Morgan fingerprint density at radius 2 is 1.91 bits per heavy atom. The molecule has 0 unspecified atom stereocenters. The van der Waals surface area contributed by atoms with Crippen molar-refractivity contribution in [3.8, 4) is 0 Å². The minimum atomic E-state index is -0.445. The van der Waals surface area contributed by atoms with E-state index >= 15 is 0 Å². The summed E-state index contributed by atoms with van der Waals surface area (Å²) in [6, 6.07) is 10.6. The van der Waals surface area contributed by atoms with Crippen LogP contribution in [-0.4, -0.2) is 23.3 Å². The van der Waals surface area contributed by atoms with E-state index in [0.29, 0.717) is 10.7 Å². The number of rotatable bonds is 5. The second kappa shape index (κ2) is 7.56. The highest BCUT2D eigenvalue weighted by molar-refractivity contribution is 6.30. The van der Waals surface area contributed by atoms with Gasteiger partial charge in [-0.15, -0.1) is 0 Å². The Kier molecular flexibility index (Phi) is 5.49. The Morgan fingerprint density at radius 1 is 1.18 bits per heavy atom. The monoisotopic (exact) mass is 317 g/mol. The molecule has 5 nitrogen and oxygen atoms in total. The third-order valence-electron chi connectivity index (χ3n) is 3.01. The number of carbonyl (C=O) groups excluding carboxylic acids is 2. The summed E-state index contributed by atoms with van der Waals surface area (Å²) in [7, 11) is 0. The van der Waals surface area contributed by atoms with Crippen molar-refractivity contribution in [3.05, 3.63) is 58.9 Å². The van der Waals surface area contributed by atoms with Crippen LogP contribution in [0.25, 0.3) is 0 Å². The first-order valence-corrected chi connectivity index (χ1v) is 7.25. The number of carbonyl (C=O) groups is 2. The van der Waals surface area contributed by atoms with E-state index in [0.717, 1.165) is 6.42 Å². The Labute approximate surface area is 133 Å². The van der Waals surface area contributed by atoms with Crippen molar-refractivity contribution in [1.29, 1.82) is 0 Å². The average Bonchev–Trinajstić information content (AvgIpc) is 2.53. The molecular weight excluding hydrogens is 302 g/mol. The minimum absolute atomic E-state index is 0.136. The topological polar surface area (TPSA) is 71.1 Å². The number of pyridine rings is 1. The van der Waals surface area contributed by atoms with Crippen molar-refractivity contribution in [2.45, 2.75) is 13.3 Å². The summed E-state index contributed by atoms with van der Waals surface area (Å²) in [5, 5.41) is 5.63. The molecule has 0 bridgehead atoms. The number of anilines is 1. The van der Waals surface area contributed by atoms with Crippen molar-refractivity contribution in [1.82, 2.24) is 10.3 Å². The van der Waals surface area contributed by atoms with Gasteiger partial charge in [0, 0.05) is 16.9 Å². The first-order valence-electron chi connectivity index (χ1n) is 6.87. The van der Waals surface area contributed by atoms with Crippen molar-refractivity contribution in [3.63, 3.8) is 0 Å². The van der Waals surface area contributed by atoms with E-state index in [2.05, 4.69) is 22.5 Å². The van der Waals surface area contributed by atoms with Crippen LogP contribution >= 0.6 is 11.6 Å². The van der Waals surface area contributed by atoms with Crippen molar-refractivity contribution >= 4 is 29.1 Å². The zero-order valence-electron chi connectivity index (χ0n) is 12.1. The molecular formula is C16H16ClN3O2. The standard InChI is InChI=1S/C16H16ClN3O2/c1-2-11-3-5-13(6-4-11)20-15(21)10-19-16(22)14-9-12(17)7-8-18-14/h3-9H,2,10H2,1H3,(H,19,22)(H,20,21). The molecule has 2 amide bonds. The highest BCUT2D eigenvalue weighted by Crippen LogP contribution is 2.10. The van der Waals surface area contributed by atoms with Crippen LogP contribution in [0, 0.1) is 0 Å². The van der Waals surface area contributed by atoms with Crippen molar-refractivity contribution < 1.29 is 9.59 Å². The second-order valence-corrected chi connectivity index (χ2v) is 5.08. The van der Waals surface area contributed by atoms with Gasteiger partial charge in [0.15, 0.2) is 0 Å². The van der Waals surface area contributed by atoms with Crippen LogP contribution in [0.4, 0.5) is 5.69 Å². The van der Waals surface area contributed by atoms with Gasteiger partial charge >= 0.3 is 0 Å². The van der Waals surface area contributed by atoms with Gasteiger partial charge in [0.05, 0.1) is 6.54 Å². The predicted molar refractivity (Wildman–Crippen MR) is 86.0 cm³/mol. The molecule has 0 saturated carbocycles. The molecule has 114 valence electrons. The van der Waals surface area contributed by atoms with Gasteiger partial charge in [-0.25, -0.2) is 0 Å². The lowest BCUT2D eigenvalue weighted by atomic mass is 10.1. The maximum absolute atomic E-state index is 11.8. The summed E-state index contributed by atoms with van der Waals surface area (Å²) >= 11 is 5.78. The fraction of sp³-hybridized carbons (Fsp3) is 0.188. The lowest BCUT2D eigenvalue weighted by molar-refractivity contribution is -0.115. The van der Waals surface area contributed by atoms with Crippen LogP contribution in [0.3, 0.4) is 0 Å². The Morgan fingerprint density at radius 3 is 2.55 bits per heavy atom. The van der Waals surface area contributed by atoms with Gasteiger partial charge in [-0.1, -0.05) is 30.7 Å². The van der Waals surface area contributed by atoms with Gasteiger partial charge in [-0.2, -0.15) is 0 Å². The molecule has 1 aromatic carbocycles. The number of hydrogen-bond acceptors (Lipinski definition) is 3. The Balaban J connectivity index is 1.85. The third-order valence-corrected chi connectivity index (χ3v) is 3.25. The van der Waals surface area contributed by atoms with Crippen LogP contribution in [0.2, 0.25) is 5.02 Å². The number of benzene rings is 1. The lowest BCUT2D eigenvalue weighted by Crippen LogP contribution is -2.33. The normalized spacial score (nSPS) is 10.1. The van der Waals surface area contributed by atoms with Crippen LogP contribution in [-0.2, 0) is 11.2 Å². The summed E-state index contributed by atoms with van der Waals surface area (Å²) in [5.74, 6) is -0.751. The highest BCUT2D eigenvalue weighted by atomic mass is 35.5. The first kappa shape index (κ1) is 16.0. The molecule has 0 aliphatic carbocycles. The number of amides is 2. The van der Waals surface area contributed by atoms with Crippen molar-refractivity contribution in [2.75, 3.05) is 11.9 Å². The Bertz CT molecular complexity index is 671. The molecule has 22 heavy (non-hydrogen) atoms. The van der Waals surface area contributed by atoms with E-state index < -0.39 is 5.91 Å². The third kappa shape index (κ3) is 4.56. The van der Waals surface area contributed by atoms with E-state index in [1.165, 1.54) is 17.8 Å². The fourth-order valence-corrected chi connectivity index (χ4v) is 1.97. The van der Waals surface area contributed by atoms with Crippen LogP contribution in [0.1, 0.15) is 23.0 Å². The smallest absolute Gasteiger partial charge is 0.270 e. The summed E-state index contributed by atoms with van der Waals surface area (Å²) < 4.78 is 0. The number of nitrogens with zero attached hydrogens (tertiary/aromatic N) is 1. The molecule has 0 atom stereocenters. The van der Waals surface area contributed by atoms with Crippen LogP contribution in [0.15, 0.2) is 42.6 Å². The largest absolute Gasteiger partial charge is 0.342 e. The SMILES string of the molecule is CCc1ccc(NC(=O)CNC(=O)c2cc(Cl)ccn2)cc1. The molecule has 0 fully saturated rings. The zero-order chi connectivity index (χ0) is 15.9. The molecule has 0 aliphatic heterocycles. The summed E-state index contributed by atoms with van der Waals surface area (Å²) in [4.78, 5) is 27.5. The molecule has 2 rings (SSSR count). The molecule has 0 saturated heterocycles. The lowest BCUT2D eigenvalue weighted by Gasteiger charge is -2.07. The van der Waals surface area contributed by atoms with E-state index in [9.17, 15) is 9.59 Å². The van der Waals surface area contributed by atoms with E-state index in [1.807, 2.05) is 24.3 Å². The molecule has 1 heterocycles. The van der Waals surface area contributed by atoms with Gasteiger partial charge in [0.2, 0.25) is 5.91 Å². The van der Waals surface area contributed by atoms with Gasteiger partial charge < -0.3 is 10.6 Å². The van der Waals surface area contributed by atoms with Gasteiger partial charge in [-0.05, 0) is 36.2 Å². The zero-order valence-corrected chi connectivity index (χ0v) is 12.9. The number of aryl methyl sites for hydroxylation is 1. The second-order valence-electron chi connectivity index (χ2n) is 4.64. The molecule has 2 N–H and O–H groups in total. The van der Waals surface area contributed by atoms with Crippen LogP contribution < -0.4 is 10.6 Å². The molecule has 0 aliphatic rings. The minimum Gasteiger partial charge on any atom is -0.342 e. The molecule has 1 aromatic heterocycles. The Hall–Kier alpha value is -2.40. The van der Waals surface area contributed by atoms with Crippen molar-refractivity contribution in [2.24, 2.45) is 0 Å². The predicted octanol–water partition coefficient (Wildman–Crippen LogP) is 2.67. The van der Waals surface area contributed by atoms with Crippen LogP contribution in [0.5, 0.6) is 0 Å². The summed E-state index contributed by atoms with van der Waals surface area (Å²) in [5.41, 5.74) is 2.06. The summed E-state index contributed by atoms with van der Waals surface area (Å²) in [6.07, 6.45) is 2.38. The molecule has 0 radical (unpaired) electrons. The highest BCUT2D eigenvalue weighted by Gasteiger charge is 2.09. The van der Waals surface area contributed by atoms with Gasteiger partial charge in [0.1, 0.15) is 5.69 Å². The van der Waals surface area contributed by atoms with E-state index in [4.69, 9.17) is 11.6 Å². The number of hydrogen-bond donors (Lipinski definition) is 2. The van der Waals surface area contributed by atoms with Gasteiger partial charge in [0.25, 0.3) is 5.91 Å². The van der Waals surface area contributed by atoms with E-state index in [-0.39, 0.29) is 18.1 Å². The maximum Gasteiger partial charge on any atom is 0.270 e. The average molecular weight is 318 g/mol. The molecule has 2 aromatic rings. The molecule has 6 heteroatoms. The summed E-state index contributed by atoms with van der Waals surface area (Å²) in [6.45, 7) is 1.93. The number of halogens is 1. The number of nitrogens with one attached hydrogen (secondary N) is 2. The maximum atomic E-state index is 11.8. The quantitative estimate of drug-likeness (QED) is 0.890. The number of aromatic nitrogens is 1.